The normalized spacial score (nSPS) is 18.5. The third kappa shape index (κ3) is 9.89. The van der Waals surface area contributed by atoms with Gasteiger partial charge in [0.15, 0.2) is 0 Å². The molecule has 0 saturated carbocycles. The average Bonchev–Trinajstić information content (AvgIpc) is 3.11. The van der Waals surface area contributed by atoms with Gasteiger partial charge >= 0.3 is 6.09 Å². The Hall–Kier alpha value is -4.94. The first-order valence-electron chi connectivity index (χ1n) is 17.3. The third-order valence-corrected chi connectivity index (χ3v) is 9.39. The maximum Gasteiger partial charge on any atom is 0.407 e. The Morgan fingerprint density at radius 3 is 1.94 bits per heavy atom. The number of nitrogens with two attached hydrogens (primary N) is 1. The molecule has 8 nitrogen and oxygen atoms in total. The highest BCUT2D eigenvalue weighted by Gasteiger charge is 2.32. The molecule has 1 aliphatic heterocycles. The Bertz CT molecular complexity index is 1750. The standard InChI is InChI=1S/C40H44F4N4O4/c1-23(2)37(27-11-17-30(43)18-12-27)48-40(50)51-22-35-24(3)52-31(21-46-35)19-20-32-33(44)5-4-6-34(32)47-38(39(45)49)36(25-7-13-28(41)14-8-25)26-9-15-29(42)16-10-26/h4-18,23-24,31,35-38,46-47H,19-22H2,1-3H3,(H2,45,49)(H,48,50)/t24-,31+,35+,37+,38-/m0/s1. The lowest BCUT2D eigenvalue weighted by atomic mass is 9.84. The van der Waals surface area contributed by atoms with Crippen LogP contribution in [-0.2, 0) is 20.7 Å². The van der Waals surface area contributed by atoms with E-state index in [2.05, 4.69) is 16.0 Å². The number of amides is 2. The highest BCUT2D eigenvalue weighted by molar-refractivity contribution is 5.85. The first kappa shape index (κ1) is 38.3. The monoisotopic (exact) mass is 720 g/mol. The summed E-state index contributed by atoms with van der Waals surface area (Å²) in [7, 11) is 0. The number of carbonyl (C=O) groups is 2. The highest BCUT2D eigenvalue weighted by atomic mass is 19.1. The largest absolute Gasteiger partial charge is 0.448 e. The molecule has 4 aromatic rings. The second-order valence-electron chi connectivity index (χ2n) is 13.4. The van der Waals surface area contributed by atoms with Crippen LogP contribution in [0.15, 0.2) is 91.0 Å². The van der Waals surface area contributed by atoms with Crippen molar-refractivity contribution in [2.45, 2.75) is 69.9 Å². The van der Waals surface area contributed by atoms with Crippen LogP contribution in [0.5, 0.6) is 0 Å². The predicted molar refractivity (Wildman–Crippen MR) is 191 cm³/mol. The Morgan fingerprint density at radius 1 is 0.865 bits per heavy atom. The van der Waals surface area contributed by atoms with Gasteiger partial charge < -0.3 is 31.2 Å². The molecule has 5 atom stereocenters. The van der Waals surface area contributed by atoms with Gasteiger partial charge in [-0.2, -0.15) is 0 Å². The summed E-state index contributed by atoms with van der Waals surface area (Å²) in [6, 6.07) is 19.9. The molecule has 4 aromatic carbocycles. The smallest absolute Gasteiger partial charge is 0.407 e. The topological polar surface area (TPSA) is 115 Å². The number of ether oxygens (including phenoxy) is 2. The number of primary amides is 1. The Kier molecular flexibility index (Phi) is 12.9. The van der Waals surface area contributed by atoms with E-state index in [1.165, 1.54) is 72.8 Å². The first-order chi connectivity index (χ1) is 24.9. The van der Waals surface area contributed by atoms with E-state index in [0.29, 0.717) is 35.3 Å². The predicted octanol–water partition coefficient (Wildman–Crippen LogP) is 7.14. The summed E-state index contributed by atoms with van der Waals surface area (Å²) >= 11 is 0. The molecule has 0 spiro atoms. The van der Waals surface area contributed by atoms with Crippen LogP contribution in [0.25, 0.3) is 0 Å². The van der Waals surface area contributed by atoms with Gasteiger partial charge in [-0.15, -0.1) is 0 Å². The molecule has 2 amide bonds. The molecule has 12 heteroatoms. The number of benzene rings is 4. The van der Waals surface area contributed by atoms with Crippen molar-refractivity contribution in [1.29, 1.82) is 0 Å². The van der Waals surface area contributed by atoms with Gasteiger partial charge in [0.2, 0.25) is 5.91 Å². The zero-order chi connectivity index (χ0) is 37.4. The molecular weight excluding hydrogens is 676 g/mol. The number of halogens is 4. The summed E-state index contributed by atoms with van der Waals surface area (Å²) in [5, 5.41) is 9.38. The van der Waals surface area contributed by atoms with Crippen LogP contribution in [0.2, 0.25) is 0 Å². The van der Waals surface area contributed by atoms with Gasteiger partial charge in [-0.1, -0.05) is 56.3 Å². The maximum atomic E-state index is 15.4. The minimum Gasteiger partial charge on any atom is -0.448 e. The van der Waals surface area contributed by atoms with Crippen LogP contribution in [0.1, 0.15) is 61.4 Å². The fourth-order valence-electron chi connectivity index (χ4n) is 6.56. The van der Waals surface area contributed by atoms with E-state index >= 15 is 4.39 Å². The highest BCUT2D eigenvalue weighted by Crippen LogP contribution is 2.33. The number of carbonyl (C=O) groups excluding carboxylic acids is 2. The number of rotatable bonds is 14. The van der Waals surface area contributed by atoms with Crippen LogP contribution in [0, 0.1) is 29.2 Å². The van der Waals surface area contributed by atoms with Gasteiger partial charge in [-0.05, 0) is 90.9 Å². The second kappa shape index (κ2) is 17.5. The molecule has 0 aromatic heterocycles. The van der Waals surface area contributed by atoms with Crippen LogP contribution < -0.4 is 21.7 Å². The van der Waals surface area contributed by atoms with Gasteiger partial charge in [0.25, 0.3) is 0 Å². The van der Waals surface area contributed by atoms with Crippen molar-refractivity contribution in [3.8, 4) is 0 Å². The van der Waals surface area contributed by atoms with E-state index in [1.807, 2.05) is 20.8 Å². The molecule has 5 N–H and O–H groups in total. The van der Waals surface area contributed by atoms with Crippen molar-refractivity contribution in [2.75, 3.05) is 18.5 Å². The van der Waals surface area contributed by atoms with E-state index in [1.54, 1.807) is 18.2 Å². The van der Waals surface area contributed by atoms with E-state index in [4.69, 9.17) is 15.2 Å². The fraction of sp³-hybridized carbons (Fsp3) is 0.350. The molecule has 0 unspecified atom stereocenters. The van der Waals surface area contributed by atoms with Gasteiger partial charge in [0.05, 0.1) is 24.3 Å². The molecule has 1 heterocycles. The quantitative estimate of drug-likeness (QED) is 0.103. The Balaban J connectivity index is 1.21. The number of morpholine rings is 1. The zero-order valence-electron chi connectivity index (χ0n) is 29.3. The minimum absolute atomic E-state index is 0.0340. The Labute approximate surface area is 301 Å². The minimum atomic E-state index is -1.10. The summed E-state index contributed by atoms with van der Waals surface area (Å²) in [6.45, 7) is 6.22. The third-order valence-electron chi connectivity index (χ3n) is 9.39. The van der Waals surface area contributed by atoms with Crippen molar-refractivity contribution in [3.63, 3.8) is 0 Å². The first-order valence-corrected chi connectivity index (χ1v) is 17.3. The molecule has 0 bridgehead atoms. The fourth-order valence-corrected chi connectivity index (χ4v) is 6.56. The maximum absolute atomic E-state index is 15.4. The van der Waals surface area contributed by atoms with E-state index in [9.17, 15) is 22.8 Å². The van der Waals surface area contributed by atoms with Crippen LogP contribution >= 0.6 is 0 Å². The van der Waals surface area contributed by atoms with Gasteiger partial charge in [-0.3, -0.25) is 4.79 Å². The molecule has 1 aliphatic rings. The van der Waals surface area contributed by atoms with Gasteiger partial charge in [0.1, 0.15) is 35.9 Å². The Morgan fingerprint density at radius 2 is 1.42 bits per heavy atom. The molecule has 1 saturated heterocycles. The van der Waals surface area contributed by atoms with E-state index in [0.717, 1.165) is 5.56 Å². The summed E-state index contributed by atoms with van der Waals surface area (Å²) in [6.07, 6.45) is -0.561. The van der Waals surface area contributed by atoms with Gasteiger partial charge in [-0.25, -0.2) is 22.4 Å². The SMILES string of the molecule is CC(C)[C@@H](NC(=O)OC[C@H]1NC[C@@H](CCc2c(F)cccc2N[C@H](C(N)=O)C(c2ccc(F)cc2)c2ccc(F)cc2)O[C@H]1C)c1ccc(F)cc1. The van der Waals surface area contributed by atoms with Crippen molar-refractivity contribution in [2.24, 2.45) is 11.7 Å². The van der Waals surface area contributed by atoms with E-state index < -0.39 is 41.4 Å². The zero-order valence-corrected chi connectivity index (χ0v) is 29.3. The van der Waals surface area contributed by atoms with Crippen molar-refractivity contribution < 1.29 is 36.6 Å². The van der Waals surface area contributed by atoms with E-state index in [-0.39, 0.29) is 49.1 Å². The average molecular weight is 721 g/mol. The number of hydrogen-bond acceptors (Lipinski definition) is 6. The molecule has 0 radical (unpaired) electrons. The van der Waals surface area contributed by atoms with Crippen LogP contribution in [-0.4, -0.2) is 49.4 Å². The van der Waals surface area contributed by atoms with Crippen molar-refractivity contribution in [3.05, 3.63) is 137 Å². The summed E-state index contributed by atoms with van der Waals surface area (Å²) < 4.78 is 68.3. The molecule has 0 aliphatic carbocycles. The molecule has 5 rings (SSSR count). The summed E-state index contributed by atoms with van der Waals surface area (Å²) in [4.78, 5) is 25.7. The summed E-state index contributed by atoms with van der Waals surface area (Å²) in [5.74, 6) is -3.22. The van der Waals surface area contributed by atoms with Crippen molar-refractivity contribution >= 4 is 17.7 Å². The molecule has 52 heavy (non-hydrogen) atoms. The number of anilines is 1. The van der Waals surface area contributed by atoms with Crippen LogP contribution in [0.3, 0.4) is 0 Å². The molecule has 1 fully saturated rings. The summed E-state index contributed by atoms with van der Waals surface area (Å²) in [5.41, 5.74) is 8.48. The lowest BCUT2D eigenvalue weighted by Gasteiger charge is -2.36. The van der Waals surface area contributed by atoms with Crippen LogP contribution in [0.4, 0.5) is 28.0 Å². The second-order valence-corrected chi connectivity index (χ2v) is 13.4. The number of alkyl carbamates (subject to hydrolysis) is 1. The number of hydrogen-bond donors (Lipinski definition) is 4. The molecule has 276 valence electrons. The number of nitrogens with one attached hydrogen (secondary N) is 3. The van der Waals surface area contributed by atoms with Gasteiger partial charge in [0, 0.05) is 23.7 Å². The molecular formula is C40H44F4N4O4. The lowest BCUT2D eigenvalue weighted by Crippen LogP contribution is -2.54. The van der Waals surface area contributed by atoms with Crippen molar-refractivity contribution in [1.82, 2.24) is 10.6 Å². The lowest BCUT2D eigenvalue weighted by molar-refractivity contribution is -0.119.